The van der Waals surface area contributed by atoms with Gasteiger partial charge in [-0.2, -0.15) is 0 Å². The van der Waals surface area contributed by atoms with Gasteiger partial charge in [-0.25, -0.2) is 4.79 Å². The molecule has 0 spiro atoms. The fourth-order valence-corrected chi connectivity index (χ4v) is 5.96. The van der Waals surface area contributed by atoms with Crippen molar-refractivity contribution in [2.75, 3.05) is 6.54 Å². The fourth-order valence-electron chi connectivity index (χ4n) is 5.96. The predicted molar refractivity (Wildman–Crippen MR) is 185 cm³/mol. The number of piperidine rings is 1. The highest BCUT2D eigenvalue weighted by Gasteiger charge is 2.35. The van der Waals surface area contributed by atoms with E-state index in [-0.39, 0.29) is 18.4 Å². The molecule has 12 nitrogen and oxygen atoms in total. The number of hydrogen-bond acceptors (Lipinski definition) is 6. The van der Waals surface area contributed by atoms with Gasteiger partial charge in [0.05, 0.1) is 6.04 Å². The van der Waals surface area contributed by atoms with Crippen LogP contribution in [0.25, 0.3) is 21.8 Å². The number of para-hydroxylation sites is 2. The van der Waals surface area contributed by atoms with Crippen LogP contribution in [0.5, 0.6) is 0 Å². The molecule has 48 heavy (non-hydrogen) atoms. The lowest BCUT2D eigenvalue weighted by atomic mass is 10.00. The van der Waals surface area contributed by atoms with Gasteiger partial charge in [-0.1, -0.05) is 42.8 Å². The highest BCUT2D eigenvalue weighted by molar-refractivity contribution is 5.94. The van der Waals surface area contributed by atoms with Crippen molar-refractivity contribution in [2.24, 2.45) is 0 Å². The molecule has 1 aliphatic rings. The SMILES string of the molecule is CC(C)(C)OC(=O)NC(C)(C)C(=O)N[C@H](Cc1c[nH]c2ccccc12)C(=O)N[C@H](Cc1c[nH]c2ccccc12)NC(=O)C1CCCCN1. The minimum atomic E-state index is -1.41. The number of nitrogens with one attached hydrogen (secondary N) is 7. The third-order valence-corrected chi connectivity index (χ3v) is 8.46. The lowest BCUT2D eigenvalue weighted by Crippen LogP contribution is -2.62. The topological polar surface area (TPSA) is 169 Å². The number of aromatic nitrogens is 2. The van der Waals surface area contributed by atoms with Crippen LogP contribution in [-0.2, 0) is 32.0 Å². The first-order valence-corrected chi connectivity index (χ1v) is 16.6. The van der Waals surface area contributed by atoms with Crippen LogP contribution >= 0.6 is 0 Å². The third kappa shape index (κ3) is 8.74. The quantitative estimate of drug-likeness (QED) is 0.121. The van der Waals surface area contributed by atoms with Crippen LogP contribution in [0.15, 0.2) is 60.9 Å². The van der Waals surface area contributed by atoms with Crippen LogP contribution in [0, 0.1) is 0 Å². The van der Waals surface area contributed by atoms with Gasteiger partial charge in [0.2, 0.25) is 17.7 Å². The van der Waals surface area contributed by atoms with Crippen LogP contribution < -0.4 is 26.6 Å². The minimum Gasteiger partial charge on any atom is -0.444 e. The van der Waals surface area contributed by atoms with Crippen molar-refractivity contribution in [2.45, 2.75) is 96.1 Å². The molecule has 1 fully saturated rings. The molecule has 0 bridgehead atoms. The lowest BCUT2D eigenvalue weighted by molar-refractivity contribution is -0.133. The largest absolute Gasteiger partial charge is 0.444 e. The summed E-state index contributed by atoms with van der Waals surface area (Å²) in [7, 11) is 0. The molecule has 4 aromatic rings. The van der Waals surface area contributed by atoms with Gasteiger partial charge in [-0.3, -0.25) is 14.4 Å². The standard InChI is InChI=1S/C36H47N7O5/c1-35(2,3)48-34(47)43-36(4,5)33(46)40-29(18-22-20-38-26-14-8-6-12-24(22)26)32(45)42-30(41-31(44)28-16-10-11-17-37-28)19-23-21-39-27-15-9-7-13-25(23)27/h6-9,12-15,20-21,28-30,37-39H,10-11,16-19H2,1-5H3,(H,40,46)(H,41,44)(H,42,45)(H,43,47)/t28?,29-,30-/m1/s1. The number of benzene rings is 2. The summed E-state index contributed by atoms with van der Waals surface area (Å²) in [5.74, 6) is -1.25. The van der Waals surface area contributed by atoms with E-state index < -0.39 is 41.3 Å². The number of carbonyl (C=O) groups is 4. The number of ether oxygens (including phenoxy) is 1. The van der Waals surface area contributed by atoms with Crippen LogP contribution in [0.1, 0.15) is 65.0 Å². The van der Waals surface area contributed by atoms with Crippen molar-refractivity contribution in [3.05, 3.63) is 72.1 Å². The number of carbonyl (C=O) groups excluding carboxylic acids is 4. The molecule has 12 heteroatoms. The van der Waals surface area contributed by atoms with Gasteiger partial charge in [0.15, 0.2) is 0 Å². The maximum absolute atomic E-state index is 14.2. The summed E-state index contributed by atoms with van der Waals surface area (Å²) in [5.41, 5.74) is 1.42. The first-order chi connectivity index (χ1) is 22.8. The number of rotatable bonds is 11. The summed E-state index contributed by atoms with van der Waals surface area (Å²) in [6.45, 7) is 9.04. The average molecular weight is 658 g/mol. The molecule has 0 aliphatic carbocycles. The molecule has 7 N–H and O–H groups in total. The Morgan fingerprint density at radius 2 is 1.42 bits per heavy atom. The molecule has 0 saturated carbocycles. The van der Waals surface area contributed by atoms with Gasteiger partial charge in [-0.05, 0) is 77.3 Å². The molecule has 1 saturated heterocycles. The maximum Gasteiger partial charge on any atom is 0.408 e. The summed E-state index contributed by atoms with van der Waals surface area (Å²) in [6, 6.07) is 14.1. The molecule has 256 valence electrons. The fraction of sp³-hybridized carbons (Fsp3) is 0.444. The highest BCUT2D eigenvalue weighted by Crippen LogP contribution is 2.21. The van der Waals surface area contributed by atoms with Crippen molar-refractivity contribution in [3.63, 3.8) is 0 Å². The van der Waals surface area contributed by atoms with E-state index in [9.17, 15) is 19.2 Å². The van der Waals surface area contributed by atoms with Crippen molar-refractivity contribution in [3.8, 4) is 0 Å². The molecule has 3 heterocycles. The zero-order valence-electron chi connectivity index (χ0n) is 28.3. The molecule has 1 unspecified atom stereocenters. The predicted octanol–water partition coefficient (Wildman–Crippen LogP) is 3.92. The zero-order chi connectivity index (χ0) is 34.5. The molecular formula is C36H47N7O5. The van der Waals surface area contributed by atoms with Crippen LogP contribution in [0.2, 0.25) is 0 Å². The first kappa shape index (κ1) is 34.5. The van der Waals surface area contributed by atoms with E-state index in [1.54, 1.807) is 34.6 Å². The van der Waals surface area contributed by atoms with E-state index in [0.717, 1.165) is 52.3 Å². The second kappa shape index (κ2) is 14.5. The van der Waals surface area contributed by atoms with Crippen molar-refractivity contribution < 1.29 is 23.9 Å². The zero-order valence-corrected chi connectivity index (χ0v) is 28.3. The second-order valence-electron chi connectivity index (χ2n) is 14.0. The Morgan fingerprint density at radius 3 is 2.00 bits per heavy atom. The normalized spacial score (nSPS) is 16.6. The van der Waals surface area contributed by atoms with Crippen molar-refractivity contribution in [1.29, 1.82) is 0 Å². The van der Waals surface area contributed by atoms with Gasteiger partial charge in [0, 0.05) is 47.0 Å². The summed E-state index contributed by atoms with van der Waals surface area (Å²) in [6.07, 6.45) is 5.30. The molecule has 2 aromatic carbocycles. The lowest BCUT2D eigenvalue weighted by Gasteiger charge is -2.31. The Morgan fingerprint density at radius 1 is 0.812 bits per heavy atom. The van der Waals surface area contributed by atoms with Gasteiger partial charge >= 0.3 is 6.09 Å². The molecule has 4 amide bonds. The van der Waals surface area contributed by atoms with Gasteiger partial charge < -0.3 is 41.3 Å². The van der Waals surface area contributed by atoms with E-state index in [0.29, 0.717) is 12.8 Å². The van der Waals surface area contributed by atoms with Gasteiger partial charge in [0.1, 0.15) is 23.3 Å². The van der Waals surface area contributed by atoms with E-state index in [1.165, 1.54) is 0 Å². The first-order valence-electron chi connectivity index (χ1n) is 16.6. The Hall–Kier alpha value is -4.84. The Kier molecular flexibility index (Phi) is 10.4. The second-order valence-corrected chi connectivity index (χ2v) is 14.0. The smallest absolute Gasteiger partial charge is 0.408 e. The van der Waals surface area contributed by atoms with Gasteiger partial charge in [0.25, 0.3) is 0 Å². The van der Waals surface area contributed by atoms with Crippen molar-refractivity contribution >= 4 is 45.6 Å². The number of aromatic amines is 2. The Balaban J connectivity index is 1.40. The van der Waals surface area contributed by atoms with E-state index >= 15 is 0 Å². The summed E-state index contributed by atoms with van der Waals surface area (Å²) >= 11 is 0. The van der Waals surface area contributed by atoms with Crippen LogP contribution in [-0.4, -0.2) is 69.7 Å². The minimum absolute atomic E-state index is 0.155. The highest BCUT2D eigenvalue weighted by atomic mass is 16.6. The number of H-pyrrole nitrogens is 2. The maximum atomic E-state index is 14.2. The van der Waals surface area contributed by atoms with Crippen LogP contribution in [0.3, 0.4) is 0 Å². The van der Waals surface area contributed by atoms with Gasteiger partial charge in [-0.15, -0.1) is 0 Å². The summed E-state index contributed by atoms with van der Waals surface area (Å²) < 4.78 is 5.37. The van der Waals surface area contributed by atoms with E-state index in [4.69, 9.17) is 4.74 Å². The number of hydrogen-bond donors (Lipinski definition) is 7. The average Bonchev–Trinajstić information content (AvgIpc) is 3.63. The number of amides is 4. The summed E-state index contributed by atoms with van der Waals surface area (Å²) in [4.78, 5) is 60.4. The summed E-state index contributed by atoms with van der Waals surface area (Å²) in [5, 5.41) is 16.8. The Bertz CT molecular complexity index is 1760. The number of fused-ring (bicyclic) bond motifs is 2. The molecular weight excluding hydrogens is 610 g/mol. The van der Waals surface area contributed by atoms with E-state index in [2.05, 4.69) is 36.6 Å². The molecule has 2 aromatic heterocycles. The van der Waals surface area contributed by atoms with Crippen molar-refractivity contribution in [1.82, 2.24) is 36.6 Å². The van der Waals surface area contributed by atoms with Crippen LogP contribution in [0.4, 0.5) is 4.79 Å². The molecule has 3 atom stereocenters. The monoisotopic (exact) mass is 657 g/mol. The Labute approximate surface area is 280 Å². The molecule has 1 aliphatic heterocycles. The van der Waals surface area contributed by atoms with E-state index in [1.807, 2.05) is 60.9 Å². The molecule has 5 rings (SSSR count). The third-order valence-electron chi connectivity index (χ3n) is 8.46. The molecule has 0 radical (unpaired) electrons. The number of alkyl carbamates (subject to hydrolysis) is 1.